The molecule has 1 fully saturated rings. The third-order valence-electron chi connectivity index (χ3n) is 8.89. The molecule has 5 rings (SSSR count). The number of halogens is 1. The summed E-state index contributed by atoms with van der Waals surface area (Å²) in [6.45, 7) is 4.59. The largest absolute Gasteiger partial charge is 0.491 e. The van der Waals surface area contributed by atoms with Crippen molar-refractivity contribution in [2.24, 2.45) is 17.8 Å². The van der Waals surface area contributed by atoms with E-state index in [0.717, 1.165) is 80.9 Å². The molecule has 39 heavy (non-hydrogen) atoms. The minimum Gasteiger partial charge on any atom is -0.491 e. The summed E-state index contributed by atoms with van der Waals surface area (Å²) < 4.78 is 21.7. The fourth-order valence-corrected chi connectivity index (χ4v) is 7.74. The van der Waals surface area contributed by atoms with E-state index in [4.69, 9.17) is 16.3 Å². The van der Waals surface area contributed by atoms with Crippen LogP contribution in [0.4, 0.5) is 5.69 Å². The fraction of sp³-hybridized carbons (Fsp3) is 0.581. The zero-order valence-corrected chi connectivity index (χ0v) is 24.4. The predicted octanol–water partition coefficient (Wildman–Crippen LogP) is 5.88. The van der Waals surface area contributed by atoms with Crippen LogP contribution in [0.15, 0.2) is 36.4 Å². The van der Waals surface area contributed by atoms with Crippen molar-refractivity contribution in [1.82, 2.24) is 4.72 Å². The van der Waals surface area contributed by atoms with Crippen molar-refractivity contribution >= 4 is 34.2 Å². The Morgan fingerprint density at radius 3 is 2.74 bits per heavy atom. The van der Waals surface area contributed by atoms with Crippen LogP contribution in [0, 0.1) is 17.8 Å². The van der Waals surface area contributed by atoms with Crippen LogP contribution in [0.25, 0.3) is 0 Å². The van der Waals surface area contributed by atoms with Crippen LogP contribution in [0.3, 0.4) is 0 Å². The van der Waals surface area contributed by atoms with E-state index in [1.54, 1.807) is 6.07 Å². The molecule has 0 aromatic heterocycles. The first kappa shape index (κ1) is 28.4. The van der Waals surface area contributed by atoms with Gasteiger partial charge in [-0.2, -0.15) is 0 Å². The van der Waals surface area contributed by atoms with Crippen LogP contribution in [0.1, 0.15) is 79.3 Å². The lowest BCUT2D eigenvalue weighted by atomic mass is 9.65. The predicted molar refractivity (Wildman–Crippen MR) is 158 cm³/mol. The summed E-state index contributed by atoms with van der Waals surface area (Å²) in [5.41, 5.74) is 3.95. The molecule has 2 aliphatic heterocycles. The summed E-state index contributed by atoms with van der Waals surface area (Å²) in [6.07, 6.45) is 8.08. The first-order chi connectivity index (χ1) is 19.0. The van der Waals surface area contributed by atoms with E-state index >= 15 is 0 Å². The molecular formula is C31H41ClN2O4S. The highest BCUT2D eigenvalue weighted by molar-refractivity contribution is 7.83. The summed E-state index contributed by atoms with van der Waals surface area (Å²) in [6, 6.07) is 11.8. The first-order valence-corrected chi connectivity index (χ1v) is 16.3. The Labute approximate surface area is 240 Å². The molecule has 3 aliphatic rings. The molecule has 0 saturated heterocycles. The van der Waals surface area contributed by atoms with Gasteiger partial charge in [-0.1, -0.05) is 43.9 Å². The third kappa shape index (κ3) is 6.63. The fourth-order valence-electron chi connectivity index (χ4n) is 6.65. The van der Waals surface area contributed by atoms with E-state index in [0.29, 0.717) is 35.7 Å². The molecule has 2 heterocycles. The van der Waals surface area contributed by atoms with Crippen LogP contribution in [-0.4, -0.2) is 47.3 Å². The molecule has 8 heteroatoms. The number of benzene rings is 2. The lowest BCUT2D eigenvalue weighted by Gasteiger charge is -2.44. The minimum absolute atomic E-state index is 0.152. The van der Waals surface area contributed by atoms with Crippen LogP contribution < -0.4 is 14.4 Å². The Hall–Kier alpha value is -2.09. The Kier molecular flexibility index (Phi) is 9.52. The van der Waals surface area contributed by atoms with Gasteiger partial charge in [-0.25, -0.2) is 4.21 Å². The van der Waals surface area contributed by atoms with Gasteiger partial charge in [-0.3, -0.25) is 9.52 Å². The van der Waals surface area contributed by atoms with Gasteiger partial charge in [0.2, 0.25) is 0 Å². The van der Waals surface area contributed by atoms with E-state index in [9.17, 15) is 14.1 Å². The number of nitrogens with one attached hydrogen (secondary N) is 1. The van der Waals surface area contributed by atoms with E-state index < -0.39 is 11.0 Å². The number of aliphatic hydroxyl groups excluding tert-OH is 1. The van der Waals surface area contributed by atoms with Crippen molar-refractivity contribution in [3.05, 3.63) is 58.1 Å². The number of rotatable bonds is 4. The van der Waals surface area contributed by atoms with Gasteiger partial charge < -0.3 is 14.7 Å². The molecule has 1 saturated carbocycles. The molecule has 2 N–H and O–H groups in total. The van der Waals surface area contributed by atoms with E-state index in [1.807, 2.05) is 18.2 Å². The standard InChI is InChI=1S/C31H41ClN2O4S/c1-2-6-21-15-26(32)10-12-27(21)25-18-34-17-23-8-11-28(23)24(19-35)7-4-3-5-14-39(37)33-31(36)22-9-13-30(38-20-25)29(34)16-22/h9-10,12-13,15-16,23-25,28,35H,2-8,11,14,17-20H2,1H3,(H,33,36). The molecule has 5 atom stereocenters. The molecule has 1 amide bonds. The minimum atomic E-state index is -1.41. The summed E-state index contributed by atoms with van der Waals surface area (Å²) in [4.78, 5) is 15.4. The lowest BCUT2D eigenvalue weighted by molar-refractivity contribution is 0.0581. The second-order valence-electron chi connectivity index (χ2n) is 11.5. The zero-order valence-electron chi connectivity index (χ0n) is 22.9. The second kappa shape index (κ2) is 13.0. The third-order valence-corrected chi connectivity index (χ3v) is 10.2. The Balaban J connectivity index is 1.50. The average Bonchev–Trinajstić information content (AvgIpc) is 3.09. The summed E-state index contributed by atoms with van der Waals surface area (Å²) in [7, 11) is -1.41. The van der Waals surface area contributed by atoms with Crippen molar-refractivity contribution in [3.8, 4) is 5.75 Å². The molecule has 2 aromatic carbocycles. The van der Waals surface area contributed by atoms with Crippen LogP contribution in [0.2, 0.25) is 5.02 Å². The van der Waals surface area contributed by atoms with Gasteiger partial charge in [-0.05, 0) is 91.3 Å². The quantitative estimate of drug-likeness (QED) is 0.478. The summed E-state index contributed by atoms with van der Waals surface area (Å²) in [5, 5.41) is 11.0. The van der Waals surface area contributed by atoms with Gasteiger partial charge in [0.05, 0.1) is 12.3 Å². The van der Waals surface area contributed by atoms with Gasteiger partial charge in [0.1, 0.15) is 16.7 Å². The second-order valence-corrected chi connectivity index (χ2v) is 13.2. The molecule has 2 bridgehead atoms. The number of hydrogen-bond acceptors (Lipinski definition) is 5. The smallest absolute Gasteiger partial charge is 0.263 e. The van der Waals surface area contributed by atoms with Crippen LogP contribution in [0.5, 0.6) is 5.75 Å². The topological polar surface area (TPSA) is 78.9 Å². The van der Waals surface area contributed by atoms with Crippen molar-refractivity contribution < 1.29 is 18.8 Å². The van der Waals surface area contributed by atoms with Crippen molar-refractivity contribution in [1.29, 1.82) is 0 Å². The Morgan fingerprint density at radius 1 is 1.10 bits per heavy atom. The lowest BCUT2D eigenvalue weighted by Crippen LogP contribution is -2.43. The first-order valence-electron chi connectivity index (χ1n) is 14.6. The molecule has 5 unspecified atom stereocenters. The van der Waals surface area contributed by atoms with Gasteiger partial charge in [-0.15, -0.1) is 0 Å². The molecule has 0 radical (unpaired) electrons. The van der Waals surface area contributed by atoms with Gasteiger partial charge >= 0.3 is 0 Å². The number of ether oxygens (including phenoxy) is 1. The van der Waals surface area contributed by atoms with E-state index in [-0.39, 0.29) is 18.4 Å². The highest BCUT2D eigenvalue weighted by Crippen LogP contribution is 2.45. The van der Waals surface area contributed by atoms with Crippen molar-refractivity contribution in [2.75, 3.05) is 37.0 Å². The van der Waals surface area contributed by atoms with Gasteiger partial charge in [0, 0.05) is 42.0 Å². The molecule has 0 spiro atoms. The van der Waals surface area contributed by atoms with Crippen LogP contribution in [-0.2, 0) is 17.4 Å². The monoisotopic (exact) mass is 572 g/mol. The van der Waals surface area contributed by atoms with Gasteiger partial charge in [0.15, 0.2) is 0 Å². The Morgan fingerprint density at radius 2 is 1.97 bits per heavy atom. The number of amides is 1. The molecule has 1 aliphatic carbocycles. The Bertz CT molecular complexity index is 1190. The number of aryl methyl sites for hydroxylation is 1. The number of aliphatic hydroxyl groups is 1. The molecule has 6 nitrogen and oxygen atoms in total. The van der Waals surface area contributed by atoms with Gasteiger partial charge in [0.25, 0.3) is 5.91 Å². The maximum Gasteiger partial charge on any atom is 0.263 e. The number of anilines is 1. The average molecular weight is 573 g/mol. The molecular weight excluding hydrogens is 532 g/mol. The maximum absolute atomic E-state index is 13.0. The number of hydrogen-bond donors (Lipinski definition) is 2. The maximum atomic E-state index is 13.0. The van der Waals surface area contributed by atoms with Crippen molar-refractivity contribution in [2.45, 2.75) is 64.2 Å². The highest BCUT2D eigenvalue weighted by atomic mass is 35.5. The highest BCUT2D eigenvalue weighted by Gasteiger charge is 2.39. The normalized spacial score (nSPS) is 27.9. The van der Waals surface area contributed by atoms with E-state index in [1.165, 1.54) is 11.1 Å². The zero-order chi connectivity index (χ0) is 27.4. The summed E-state index contributed by atoms with van der Waals surface area (Å²) in [5.74, 6) is 2.36. The SMILES string of the molecule is CCCc1cc(Cl)ccc1C1COc2ccc3cc2N(C1)CC1CCC1C(CO)CCCCCS(=O)NC3=O. The number of fused-ring (bicyclic) bond motifs is 2. The van der Waals surface area contributed by atoms with Crippen LogP contribution >= 0.6 is 11.6 Å². The number of carbonyl (C=O) groups excluding carboxylic acids is 1. The van der Waals surface area contributed by atoms with Crippen molar-refractivity contribution in [3.63, 3.8) is 0 Å². The van der Waals surface area contributed by atoms with E-state index in [2.05, 4.69) is 28.7 Å². The summed E-state index contributed by atoms with van der Waals surface area (Å²) >= 11 is 6.38. The molecule has 212 valence electrons. The number of nitrogens with zero attached hydrogens (tertiary/aromatic N) is 1. The number of carbonyl (C=O) groups is 1. The molecule has 2 aromatic rings.